The van der Waals surface area contributed by atoms with Gasteiger partial charge in [0.25, 0.3) is 0 Å². The quantitative estimate of drug-likeness (QED) is 0.765. The van der Waals surface area contributed by atoms with Crippen LogP contribution in [-0.4, -0.2) is 37.2 Å². The van der Waals surface area contributed by atoms with Gasteiger partial charge in [0.15, 0.2) is 0 Å². The number of nitrogens with zero attached hydrogens (tertiary/aromatic N) is 2. The average molecular weight is 400 g/mol. The van der Waals surface area contributed by atoms with Crippen LogP contribution in [0.5, 0.6) is 5.88 Å². The topological polar surface area (TPSA) is 74.7 Å². The summed E-state index contributed by atoms with van der Waals surface area (Å²) in [6.07, 6.45) is -0.254. The van der Waals surface area contributed by atoms with Gasteiger partial charge in [0.05, 0.1) is 7.11 Å². The van der Waals surface area contributed by atoms with E-state index >= 15 is 0 Å². The number of benzene rings is 1. The molecule has 1 atom stereocenters. The second kappa shape index (κ2) is 8.82. The number of amides is 1. The Bertz CT molecular complexity index is 868. The number of carbonyl (C=O) groups excluding carboxylic acids is 1. The normalized spacial score (nSPS) is 12.4. The Kier molecular flexibility index (Phi) is 6.90. The molecule has 6 heteroatoms. The number of hydrogen-bond donors (Lipinski definition) is 2. The largest absolute Gasteiger partial charge is 0.479 e. The number of methoxy groups -OCH3 is 1. The van der Waals surface area contributed by atoms with Gasteiger partial charge in [0.1, 0.15) is 11.8 Å². The van der Waals surface area contributed by atoms with Crippen molar-refractivity contribution in [2.45, 2.75) is 47.1 Å². The number of pyridine rings is 1. The van der Waals surface area contributed by atoms with Gasteiger partial charge in [-0.1, -0.05) is 39.8 Å². The Hall–Kier alpha value is -2.60. The van der Waals surface area contributed by atoms with Crippen molar-refractivity contribution in [2.24, 2.45) is 5.41 Å². The lowest BCUT2D eigenvalue weighted by Crippen LogP contribution is -2.29. The minimum atomic E-state index is -0.924. The highest BCUT2D eigenvalue weighted by Gasteiger charge is 2.29. The maximum absolute atomic E-state index is 12.7. The summed E-state index contributed by atoms with van der Waals surface area (Å²) in [4.78, 5) is 19.3. The molecule has 0 aliphatic rings. The van der Waals surface area contributed by atoms with Crippen LogP contribution in [0, 0.1) is 12.3 Å². The van der Waals surface area contributed by atoms with Gasteiger partial charge in [-0.2, -0.15) is 0 Å². The molecule has 2 aromatic rings. The molecule has 0 aliphatic carbocycles. The Morgan fingerprint density at radius 2 is 1.83 bits per heavy atom. The maximum atomic E-state index is 12.7. The van der Waals surface area contributed by atoms with Crippen molar-refractivity contribution in [1.82, 2.24) is 4.98 Å². The van der Waals surface area contributed by atoms with E-state index in [-0.39, 0.29) is 5.91 Å². The monoisotopic (exact) mass is 399 g/mol. The molecule has 0 bridgehead atoms. The van der Waals surface area contributed by atoms with Gasteiger partial charge in [-0.05, 0) is 36.6 Å². The number of aromatic nitrogens is 1. The highest BCUT2D eigenvalue weighted by Crippen LogP contribution is 2.39. The molecule has 0 saturated heterocycles. The molecule has 1 heterocycles. The molecular weight excluding hydrogens is 366 g/mol. The van der Waals surface area contributed by atoms with Crippen molar-refractivity contribution in [3.8, 4) is 5.88 Å². The van der Waals surface area contributed by atoms with Crippen molar-refractivity contribution in [2.75, 3.05) is 31.4 Å². The van der Waals surface area contributed by atoms with Gasteiger partial charge < -0.3 is 20.1 Å². The predicted molar refractivity (Wildman–Crippen MR) is 118 cm³/mol. The fourth-order valence-corrected chi connectivity index (χ4v) is 3.18. The molecule has 158 valence electrons. The third kappa shape index (κ3) is 4.88. The van der Waals surface area contributed by atoms with Gasteiger partial charge in [0, 0.05) is 36.5 Å². The summed E-state index contributed by atoms with van der Waals surface area (Å²) in [5.74, 6) is 0.135. The second-order valence-electron chi connectivity index (χ2n) is 8.42. The number of hydrogen-bond acceptors (Lipinski definition) is 5. The average Bonchev–Trinajstić information content (AvgIpc) is 2.67. The van der Waals surface area contributed by atoms with E-state index in [0.29, 0.717) is 23.6 Å². The molecule has 1 unspecified atom stereocenters. The highest BCUT2D eigenvalue weighted by molar-refractivity contribution is 5.96. The summed E-state index contributed by atoms with van der Waals surface area (Å²) in [5.41, 5.74) is 3.92. The number of aryl methyl sites for hydroxylation is 1. The van der Waals surface area contributed by atoms with Crippen molar-refractivity contribution in [3.63, 3.8) is 0 Å². The molecule has 2 N–H and O–H groups in total. The van der Waals surface area contributed by atoms with Crippen LogP contribution in [0.3, 0.4) is 0 Å². The van der Waals surface area contributed by atoms with Crippen LogP contribution in [-0.2, 0) is 11.2 Å². The van der Waals surface area contributed by atoms with Crippen molar-refractivity contribution in [3.05, 3.63) is 46.6 Å². The standard InChI is InChI=1S/C23H33N3O3/c1-9-17-14(2)24-21(29-8)19(25-22(28)23(3,4)5)18(17)20(27)15-10-12-16(13-11-15)26(6)7/h10-13,20,27H,9H2,1-8H3,(H,25,28). The van der Waals surface area contributed by atoms with Gasteiger partial charge in [-0.15, -0.1) is 0 Å². The summed E-state index contributed by atoms with van der Waals surface area (Å²) >= 11 is 0. The number of aliphatic hydroxyl groups is 1. The van der Waals surface area contributed by atoms with E-state index in [0.717, 1.165) is 22.5 Å². The van der Waals surface area contributed by atoms with Crippen LogP contribution < -0.4 is 15.0 Å². The Labute approximate surface area is 173 Å². The molecule has 0 spiro atoms. The highest BCUT2D eigenvalue weighted by atomic mass is 16.5. The number of anilines is 2. The summed E-state index contributed by atoms with van der Waals surface area (Å²) in [6, 6.07) is 7.72. The van der Waals surface area contributed by atoms with Gasteiger partial charge >= 0.3 is 0 Å². The Morgan fingerprint density at radius 3 is 2.28 bits per heavy atom. The van der Waals surface area contributed by atoms with E-state index in [9.17, 15) is 9.90 Å². The van der Waals surface area contributed by atoms with E-state index in [1.807, 2.05) is 77.9 Å². The third-order valence-electron chi connectivity index (χ3n) is 4.98. The number of aliphatic hydroxyl groups excluding tert-OH is 1. The van der Waals surface area contributed by atoms with Gasteiger partial charge in [-0.25, -0.2) is 4.98 Å². The van der Waals surface area contributed by atoms with Crippen LogP contribution >= 0.6 is 0 Å². The first-order chi connectivity index (χ1) is 13.5. The minimum absolute atomic E-state index is 0.167. The molecule has 0 fully saturated rings. The zero-order chi connectivity index (χ0) is 21.9. The second-order valence-corrected chi connectivity index (χ2v) is 8.42. The number of carbonyl (C=O) groups is 1. The molecular formula is C23H33N3O3. The van der Waals surface area contributed by atoms with Crippen molar-refractivity contribution < 1.29 is 14.6 Å². The molecule has 2 rings (SSSR count). The Morgan fingerprint density at radius 1 is 1.24 bits per heavy atom. The fraction of sp³-hybridized carbons (Fsp3) is 0.478. The lowest BCUT2D eigenvalue weighted by atomic mass is 9.91. The van der Waals surface area contributed by atoms with Gasteiger partial charge in [-0.3, -0.25) is 4.79 Å². The van der Waals surface area contributed by atoms with Crippen LogP contribution in [0.25, 0.3) is 0 Å². The number of rotatable bonds is 6. The first-order valence-electron chi connectivity index (χ1n) is 9.85. The predicted octanol–water partition coefficient (Wildman–Crippen LogP) is 4.09. The molecule has 6 nitrogen and oxygen atoms in total. The van der Waals surface area contributed by atoms with Crippen molar-refractivity contribution >= 4 is 17.3 Å². The summed E-state index contributed by atoms with van der Waals surface area (Å²) in [7, 11) is 5.46. The van der Waals surface area contributed by atoms with Crippen LogP contribution in [0.4, 0.5) is 11.4 Å². The van der Waals surface area contributed by atoms with Crippen LogP contribution in [0.2, 0.25) is 0 Å². The first kappa shape index (κ1) is 22.7. The van der Waals surface area contributed by atoms with Crippen molar-refractivity contribution in [1.29, 1.82) is 0 Å². The lowest BCUT2D eigenvalue weighted by Gasteiger charge is -2.25. The number of nitrogens with one attached hydrogen (secondary N) is 1. The maximum Gasteiger partial charge on any atom is 0.238 e. The smallest absolute Gasteiger partial charge is 0.238 e. The van der Waals surface area contributed by atoms with Crippen LogP contribution in [0.1, 0.15) is 56.2 Å². The van der Waals surface area contributed by atoms with Gasteiger partial charge in [0.2, 0.25) is 11.8 Å². The number of ether oxygens (including phenoxy) is 1. The van der Waals surface area contributed by atoms with E-state index in [2.05, 4.69) is 10.3 Å². The van der Waals surface area contributed by atoms with Crippen LogP contribution in [0.15, 0.2) is 24.3 Å². The zero-order valence-corrected chi connectivity index (χ0v) is 18.8. The molecule has 1 aromatic carbocycles. The first-order valence-corrected chi connectivity index (χ1v) is 9.85. The Balaban J connectivity index is 2.65. The summed E-state index contributed by atoms with van der Waals surface area (Å²) < 4.78 is 5.47. The molecule has 0 radical (unpaired) electrons. The molecule has 29 heavy (non-hydrogen) atoms. The SMILES string of the molecule is CCc1c(C)nc(OC)c(NC(=O)C(C)(C)C)c1C(O)c1ccc(N(C)C)cc1. The molecule has 1 amide bonds. The minimum Gasteiger partial charge on any atom is -0.479 e. The zero-order valence-electron chi connectivity index (χ0n) is 18.8. The van der Waals surface area contributed by atoms with E-state index in [1.54, 1.807) is 0 Å². The summed E-state index contributed by atoms with van der Waals surface area (Å²) in [6.45, 7) is 9.42. The summed E-state index contributed by atoms with van der Waals surface area (Å²) in [5, 5.41) is 14.3. The molecule has 0 saturated carbocycles. The third-order valence-corrected chi connectivity index (χ3v) is 4.98. The van der Waals surface area contributed by atoms with E-state index < -0.39 is 11.5 Å². The molecule has 1 aromatic heterocycles. The fourth-order valence-electron chi connectivity index (χ4n) is 3.18. The van der Waals surface area contributed by atoms with E-state index in [1.165, 1.54) is 7.11 Å². The van der Waals surface area contributed by atoms with E-state index in [4.69, 9.17) is 4.74 Å². The molecule has 0 aliphatic heterocycles. The lowest BCUT2D eigenvalue weighted by molar-refractivity contribution is -0.123.